The molecule has 2 aromatic carbocycles. The number of carbonyl (C=O) groups is 1. The minimum atomic E-state index is -0.345. The molecule has 21 heavy (non-hydrogen) atoms. The molecule has 0 saturated heterocycles. The van der Waals surface area contributed by atoms with Crippen LogP contribution >= 0.6 is 0 Å². The zero-order valence-corrected chi connectivity index (χ0v) is 12.0. The first-order valence-electron chi connectivity index (χ1n) is 6.48. The molecule has 0 aliphatic carbocycles. The van der Waals surface area contributed by atoms with Crippen LogP contribution in [0.2, 0.25) is 0 Å². The fourth-order valence-corrected chi connectivity index (χ4v) is 2.46. The van der Waals surface area contributed by atoms with Crippen LogP contribution in [0, 0.1) is 0 Å². The van der Waals surface area contributed by atoms with E-state index in [1.807, 2.05) is 24.3 Å². The van der Waals surface area contributed by atoms with Crippen LogP contribution in [0.15, 0.2) is 30.3 Å². The number of hydrogen-bond donors (Lipinski definition) is 1. The summed E-state index contributed by atoms with van der Waals surface area (Å²) in [6.07, 6.45) is 0. The fraction of sp³-hybridized carbons (Fsp3) is 0.188. The Morgan fingerprint density at radius 2 is 1.81 bits per heavy atom. The molecule has 0 radical (unpaired) electrons. The number of carbonyl (C=O) groups excluding carboxylic acids is 1. The molecular weight excluding hydrogens is 270 g/mol. The maximum Gasteiger partial charge on any atom is 0.308 e. The Kier molecular flexibility index (Phi) is 3.17. The average molecular weight is 285 g/mol. The van der Waals surface area contributed by atoms with Crippen molar-refractivity contribution >= 4 is 27.8 Å². The van der Waals surface area contributed by atoms with Crippen LogP contribution in [0.5, 0.6) is 17.2 Å². The van der Waals surface area contributed by atoms with Crippen LogP contribution in [0.4, 0.5) is 0 Å². The van der Waals surface area contributed by atoms with E-state index in [0.717, 1.165) is 21.8 Å². The minimum Gasteiger partial charge on any atom is -0.497 e. The number of H-pyrrole nitrogens is 1. The molecule has 0 aliphatic heterocycles. The minimum absolute atomic E-state index is 0.345. The standard InChI is InChI=1S/C16H15NO4/c1-9(18)21-10-4-5-13-12(6-10)16-14(17-13)7-11(19-2)8-15(16)20-3/h4-8,17H,1-3H3. The molecule has 5 nitrogen and oxygen atoms in total. The first-order chi connectivity index (χ1) is 10.1. The molecule has 3 rings (SSSR count). The highest BCUT2D eigenvalue weighted by Gasteiger charge is 2.13. The quantitative estimate of drug-likeness (QED) is 0.592. The number of ether oxygens (including phenoxy) is 3. The normalized spacial score (nSPS) is 10.8. The molecular formula is C16H15NO4. The monoisotopic (exact) mass is 285 g/mol. The Morgan fingerprint density at radius 3 is 2.48 bits per heavy atom. The predicted molar refractivity (Wildman–Crippen MR) is 80.2 cm³/mol. The molecule has 108 valence electrons. The van der Waals surface area contributed by atoms with E-state index < -0.39 is 0 Å². The summed E-state index contributed by atoms with van der Waals surface area (Å²) in [7, 11) is 3.23. The molecule has 0 fully saturated rings. The van der Waals surface area contributed by atoms with Crippen molar-refractivity contribution in [2.75, 3.05) is 14.2 Å². The number of aromatic nitrogens is 1. The number of benzene rings is 2. The van der Waals surface area contributed by atoms with Gasteiger partial charge in [-0.1, -0.05) is 0 Å². The summed E-state index contributed by atoms with van der Waals surface area (Å²) in [6, 6.07) is 9.18. The van der Waals surface area contributed by atoms with Gasteiger partial charge in [0, 0.05) is 35.3 Å². The van der Waals surface area contributed by atoms with Gasteiger partial charge in [-0.15, -0.1) is 0 Å². The molecule has 1 N–H and O–H groups in total. The second-order valence-electron chi connectivity index (χ2n) is 4.68. The van der Waals surface area contributed by atoms with Crippen LogP contribution in [-0.2, 0) is 4.79 Å². The smallest absolute Gasteiger partial charge is 0.308 e. The largest absolute Gasteiger partial charge is 0.497 e. The summed E-state index contributed by atoms with van der Waals surface area (Å²) in [5.74, 6) is 1.58. The molecule has 0 aliphatic rings. The summed E-state index contributed by atoms with van der Waals surface area (Å²) in [6.45, 7) is 1.38. The van der Waals surface area contributed by atoms with E-state index in [1.165, 1.54) is 6.92 Å². The van der Waals surface area contributed by atoms with Gasteiger partial charge in [0.25, 0.3) is 0 Å². The second kappa shape index (κ2) is 5.01. The Balaban J connectivity index is 2.29. The third-order valence-electron chi connectivity index (χ3n) is 3.32. The number of methoxy groups -OCH3 is 2. The van der Waals surface area contributed by atoms with Gasteiger partial charge in [0.1, 0.15) is 17.2 Å². The summed E-state index contributed by atoms with van der Waals surface area (Å²) in [4.78, 5) is 14.4. The maximum atomic E-state index is 11.1. The lowest BCUT2D eigenvalue weighted by Gasteiger charge is -2.06. The van der Waals surface area contributed by atoms with Crippen molar-refractivity contribution in [3.05, 3.63) is 30.3 Å². The summed E-state index contributed by atoms with van der Waals surface area (Å²) in [5, 5.41) is 1.87. The van der Waals surface area contributed by atoms with Crippen molar-refractivity contribution in [3.8, 4) is 17.2 Å². The number of hydrogen-bond acceptors (Lipinski definition) is 4. The molecule has 1 heterocycles. The van der Waals surface area contributed by atoms with Gasteiger partial charge in [0.05, 0.1) is 19.7 Å². The zero-order chi connectivity index (χ0) is 15.0. The molecule has 0 saturated carbocycles. The van der Waals surface area contributed by atoms with E-state index in [9.17, 15) is 4.79 Å². The first kappa shape index (κ1) is 13.3. The summed E-state index contributed by atoms with van der Waals surface area (Å²) >= 11 is 0. The van der Waals surface area contributed by atoms with E-state index in [1.54, 1.807) is 20.3 Å². The number of esters is 1. The molecule has 0 spiro atoms. The second-order valence-corrected chi connectivity index (χ2v) is 4.68. The summed E-state index contributed by atoms with van der Waals surface area (Å²) < 4.78 is 15.9. The van der Waals surface area contributed by atoms with Crippen molar-refractivity contribution < 1.29 is 19.0 Å². The molecule has 3 aromatic rings. The zero-order valence-electron chi connectivity index (χ0n) is 12.0. The molecule has 5 heteroatoms. The predicted octanol–water partition coefficient (Wildman–Crippen LogP) is 3.26. The first-order valence-corrected chi connectivity index (χ1v) is 6.48. The summed E-state index contributed by atoms with van der Waals surface area (Å²) in [5.41, 5.74) is 1.84. The van der Waals surface area contributed by atoms with Crippen molar-refractivity contribution in [1.29, 1.82) is 0 Å². The van der Waals surface area contributed by atoms with Crippen LogP contribution in [0.3, 0.4) is 0 Å². The van der Waals surface area contributed by atoms with E-state index >= 15 is 0 Å². The molecule has 0 bridgehead atoms. The lowest BCUT2D eigenvalue weighted by Crippen LogP contribution is -2.00. The van der Waals surface area contributed by atoms with Gasteiger partial charge in [-0.25, -0.2) is 0 Å². The molecule has 0 amide bonds. The van der Waals surface area contributed by atoms with Crippen LogP contribution in [0.25, 0.3) is 21.8 Å². The molecule has 0 unspecified atom stereocenters. The fourth-order valence-electron chi connectivity index (χ4n) is 2.46. The van der Waals surface area contributed by atoms with Crippen molar-refractivity contribution in [2.24, 2.45) is 0 Å². The topological polar surface area (TPSA) is 60.6 Å². The van der Waals surface area contributed by atoms with Gasteiger partial charge in [-0.2, -0.15) is 0 Å². The van der Waals surface area contributed by atoms with Crippen LogP contribution in [0.1, 0.15) is 6.92 Å². The van der Waals surface area contributed by atoms with Gasteiger partial charge in [-0.3, -0.25) is 4.79 Å². The van der Waals surface area contributed by atoms with Gasteiger partial charge in [0.15, 0.2) is 0 Å². The Labute approximate surface area is 121 Å². The highest BCUT2D eigenvalue weighted by Crippen LogP contribution is 2.37. The van der Waals surface area contributed by atoms with Gasteiger partial charge in [0.2, 0.25) is 0 Å². The molecule has 0 atom stereocenters. The third-order valence-corrected chi connectivity index (χ3v) is 3.32. The van der Waals surface area contributed by atoms with E-state index in [4.69, 9.17) is 14.2 Å². The Morgan fingerprint density at radius 1 is 1.00 bits per heavy atom. The van der Waals surface area contributed by atoms with Crippen molar-refractivity contribution in [3.63, 3.8) is 0 Å². The van der Waals surface area contributed by atoms with E-state index in [0.29, 0.717) is 17.2 Å². The number of aromatic amines is 1. The van der Waals surface area contributed by atoms with Gasteiger partial charge < -0.3 is 19.2 Å². The van der Waals surface area contributed by atoms with Gasteiger partial charge in [-0.05, 0) is 18.2 Å². The highest BCUT2D eigenvalue weighted by atomic mass is 16.5. The van der Waals surface area contributed by atoms with E-state index in [2.05, 4.69) is 4.98 Å². The van der Waals surface area contributed by atoms with Crippen LogP contribution < -0.4 is 14.2 Å². The number of nitrogens with one attached hydrogen (secondary N) is 1. The van der Waals surface area contributed by atoms with Crippen molar-refractivity contribution in [2.45, 2.75) is 6.92 Å². The maximum absolute atomic E-state index is 11.1. The Bertz CT molecular complexity index is 835. The number of rotatable bonds is 3. The van der Waals surface area contributed by atoms with Crippen molar-refractivity contribution in [1.82, 2.24) is 4.98 Å². The van der Waals surface area contributed by atoms with E-state index in [-0.39, 0.29) is 5.97 Å². The van der Waals surface area contributed by atoms with Gasteiger partial charge >= 0.3 is 5.97 Å². The average Bonchev–Trinajstić information content (AvgIpc) is 2.83. The highest BCUT2D eigenvalue weighted by molar-refractivity contribution is 6.11. The number of fused-ring (bicyclic) bond motifs is 3. The third kappa shape index (κ3) is 2.27. The molecule has 1 aromatic heterocycles. The van der Waals surface area contributed by atoms with Crippen LogP contribution in [-0.4, -0.2) is 25.2 Å². The SMILES string of the molecule is COc1cc(OC)c2c(c1)[nH]c1ccc(OC(C)=O)cc12. The lowest BCUT2D eigenvalue weighted by atomic mass is 10.1. The lowest BCUT2D eigenvalue weighted by molar-refractivity contribution is -0.131. The Hall–Kier alpha value is -2.69.